The highest BCUT2D eigenvalue weighted by molar-refractivity contribution is 5.43. The van der Waals surface area contributed by atoms with Crippen molar-refractivity contribution in [1.82, 2.24) is 9.38 Å². The van der Waals surface area contributed by atoms with E-state index in [-0.39, 0.29) is 0 Å². The molecule has 0 N–H and O–H groups in total. The van der Waals surface area contributed by atoms with Crippen LogP contribution in [0, 0.1) is 0 Å². The minimum atomic E-state index is 0.504. The Morgan fingerprint density at radius 1 is 1.36 bits per heavy atom. The number of aromatic nitrogens is 2. The van der Waals surface area contributed by atoms with Crippen LogP contribution in [0.15, 0.2) is 24.4 Å². The Balaban J connectivity index is 2.72. The minimum absolute atomic E-state index is 0.504. The van der Waals surface area contributed by atoms with Crippen molar-refractivity contribution in [3.05, 3.63) is 35.8 Å². The van der Waals surface area contributed by atoms with Crippen LogP contribution in [-0.2, 0) is 6.42 Å². The molecule has 2 rings (SSSR count). The first kappa shape index (κ1) is 9.25. The minimum Gasteiger partial charge on any atom is -0.304 e. The van der Waals surface area contributed by atoms with Gasteiger partial charge in [0.15, 0.2) is 0 Å². The molecule has 2 aromatic heterocycles. The number of rotatable bonds is 2. The Kier molecular flexibility index (Phi) is 2.28. The van der Waals surface area contributed by atoms with Gasteiger partial charge in [-0.2, -0.15) is 0 Å². The lowest BCUT2D eigenvalue weighted by molar-refractivity contribution is 0.805. The van der Waals surface area contributed by atoms with E-state index in [2.05, 4.69) is 48.5 Å². The highest BCUT2D eigenvalue weighted by Gasteiger charge is 2.12. The van der Waals surface area contributed by atoms with Gasteiger partial charge in [-0.25, -0.2) is 4.98 Å². The van der Waals surface area contributed by atoms with Crippen LogP contribution in [0.2, 0.25) is 0 Å². The lowest BCUT2D eigenvalue weighted by Crippen LogP contribution is -1.96. The molecule has 2 heterocycles. The third-order valence-electron chi connectivity index (χ3n) is 2.54. The van der Waals surface area contributed by atoms with E-state index in [0.29, 0.717) is 5.92 Å². The molecule has 0 unspecified atom stereocenters. The average Bonchev–Trinajstić information content (AvgIpc) is 2.56. The zero-order chi connectivity index (χ0) is 10.1. The average molecular weight is 188 g/mol. The summed E-state index contributed by atoms with van der Waals surface area (Å²) < 4.78 is 2.19. The van der Waals surface area contributed by atoms with Crippen LogP contribution in [0.25, 0.3) is 5.65 Å². The molecule has 0 saturated carbocycles. The molecule has 0 aliphatic heterocycles. The van der Waals surface area contributed by atoms with E-state index in [1.165, 1.54) is 11.4 Å². The first-order chi connectivity index (χ1) is 6.74. The van der Waals surface area contributed by atoms with Gasteiger partial charge >= 0.3 is 0 Å². The van der Waals surface area contributed by atoms with Crippen LogP contribution in [-0.4, -0.2) is 9.38 Å². The predicted molar refractivity (Wildman–Crippen MR) is 58.7 cm³/mol. The van der Waals surface area contributed by atoms with Gasteiger partial charge in [-0.3, -0.25) is 0 Å². The smallest absolute Gasteiger partial charge is 0.137 e. The number of fused-ring (bicyclic) bond motifs is 1. The Hall–Kier alpha value is -1.31. The topological polar surface area (TPSA) is 17.3 Å². The van der Waals surface area contributed by atoms with Gasteiger partial charge < -0.3 is 4.40 Å². The largest absolute Gasteiger partial charge is 0.304 e. The van der Waals surface area contributed by atoms with Crippen molar-refractivity contribution >= 4 is 5.65 Å². The summed E-state index contributed by atoms with van der Waals surface area (Å²) >= 11 is 0. The monoisotopic (exact) mass is 188 g/mol. The Labute approximate surface area is 84.6 Å². The zero-order valence-corrected chi connectivity index (χ0v) is 8.99. The zero-order valence-electron chi connectivity index (χ0n) is 8.99. The van der Waals surface area contributed by atoms with Crippen molar-refractivity contribution in [1.29, 1.82) is 0 Å². The second kappa shape index (κ2) is 3.45. The van der Waals surface area contributed by atoms with E-state index in [4.69, 9.17) is 0 Å². The summed E-state index contributed by atoms with van der Waals surface area (Å²) in [7, 11) is 0. The van der Waals surface area contributed by atoms with Gasteiger partial charge in [-0.1, -0.05) is 26.8 Å². The Morgan fingerprint density at radius 2 is 2.14 bits per heavy atom. The van der Waals surface area contributed by atoms with Crippen LogP contribution in [0.1, 0.15) is 38.1 Å². The quantitative estimate of drug-likeness (QED) is 0.708. The summed E-state index contributed by atoms with van der Waals surface area (Å²) in [6.07, 6.45) is 3.13. The molecule has 2 heteroatoms. The van der Waals surface area contributed by atoms with Crippen LogP contribution in [0.5, 0.6) is 0 Å². The van der Waals surface area contributed by atoms with Crippen molar-refractivity contribution in [2.24, 2.45) is 0 Å². The van der Waals surface area contributed by atoms with E-state index in [9.17, 15) is 0 Å². The number of imidazole rings is 1. The fourth-order valence-corrected chi connectivity index (χ4v) is 1.88. The molecule has 0 fully saturated rings. The molecule has 0 aliphatic rings. The van der Waals surface area contributed by atoms with Crippen molar-refractivity contribution in [2.75, 3.05) is 0 Å². The standard InChI is InChI=1S/C12H16N2/c1-4-10-12(9(2)3)13-11-7-5-6-8-14(10)11/h5-9H,4H2,1-3H3. The summed E-state index contributed by atoms with van der Waals surface area (Å²) in [6, 6.07) is 6.15. The molecular weight excluding hydrogens is 172 g/mol. The van der Waals surface area contributed by atoms with Gasteiger partial charge in [-0.15, -0.1) is 0 Å². The van der Waals surface area contributed by atoms with Gasteiger partial charge in [0.05, 0.1) is 5.69 Å². The third kappa shape index (κ3) is 1.31. The maximum absolute atomic E-state index is 4.65. The molecule has 14 heavy (non-hydrogen) atoms. The Bertz CT molecular complexity index is 441. The fourth-order valence-electron chi connectivity index (χ4n) is 1.88. The van der Waals surface area contributed by atoms with Crippen molar-refractivity contribution in [2.45, 2.75) is 33.1 Å². The number of nitrogens with zero attached hydrogens (tertiary/aromatic N) is 2. The van der Waals surface area contributed by atoms with Gasteiger partial charge in [0.2, 0.25) is 0 Å². The van der Waals surface area contributed by atoms with Gasteiger partial charge in [0, 0.05) is 11.9 Å². The summed E-state index contributed by atoms with van der Waals surface area (Å²) in [5, 5.41) is 0. The maximum atomic E-state index is 4.65. The van der Waals surface area contributed by atoms with Gasteiger partial charge in [-0.05, 0) is 24.5 Å². The van der Waals surface area contributed by atoms with Gasteiger partial charge in [0.1, 0.15) is 5.65 Å². The van der Waals surface area contributed by atoms with E-state index in [0.717, 1.165) is 12.1 Å². The SMILES string of the molecule is CCc1c(C(C)C)nc2ccccn12. The first-order valence-electron chi connectivity index (χ1n) is 5.20. The summed E-state index contributed by atoms with van der Waals surface area (Å²) in [5.74, 6) is 0.504. The molecule has 74 valence electrons. The van der Waals surface area contributed by atoms with Crippen molar-refractivity contribution in [3.8, 4) is 0 Å². The Morgan fingerprint density at radius 3 is 2.79 bits per heavy atom. The maximum Gasteiger partial charge on any atom is 0.137 e. The second-order valence-corrected chi connectivity index (χ2v) is 3.88. The molecule has 0 radical (unpaired) electrons. The van der Waals surface area contributed by atoms with Crippen molar-refractivity contribution < 1.29 is 0 Å². The molecule has 0 amide bonds. The van der Waals surface area contributed by atoms with E-state index in [1.807, 2.05) is 6.07 Å². The molecular formula is C12H16N2. The van der Waals surface area contributed by atoms with Crippen molar-refractivity contribution in [3.63, 3.8) is 0 Å². The van der Waals surface area contributed by atoms with E-state index >= 15 is 0 Å². The predicted octanol–water partition coefficient (Wildman–Crippen LogP) is 3.02. The number of hydrogen-bond donors (Lipinski definition) is 0. The normalized spacial score (nSPS) is 11.4. The van der Waals surface area contributed by atoms with E-state index in [1.54, 1.807) is 0 Å². The molecule has 0 aliphatic carbocycles. The van der Waals surface area contributed by atoms with Gasteiger partial charge in [0.25, 0.3) is 0 Å². The molecule has 0 aromatic carbocycles. The second-order valence-electron chi connectivity index (χ2n) is 3.88. The lowest BCUT2D eigenvalue weighted by atomic mass is 10.1. The van der Waals surface area contributed by atoms with Crippen LogP contribution >= 0.6 is 0 Å². The summed E-state index contributed by atoms with van der Waals surface area (Å²) in [6.45, 7) is 6.57. The summed E-state index contributed by atoms with van der Waals surface area (Å²) in [5.41, 5.74) is 3.64. The third-order valence-corrected chi connectivity index (χ3v) is 2.54. The molecule has 0 atom stereocenters. The highest BCUT2D eigenvalue weighted by atomic mass is 15.0. The fraction of sp³-hybridized carbons (Fsp3) is 0.417. The van der Waals surface area contributed by atoms with Crippen LogP contribution < -0.4 is 0 Å². The summed E-state index contributed by atoms with van der Waals surface area (Å²) in [4.78, 5) is 4.65. The van der Waals surface area contributed by atoms with E-state index < -0.39 is 0 Å². The molecule has 2 aromatic rings. The molecule has 0 saturated heterocycles. The molecule has 2 nitrogen and oxygen atoms in total. The van der Waals surface area contributed by atoms with Crippen LogP contribution in [0.4, 0.5) is 0 Å². The molecule has 0 spiro atoms. The lowest BCUT2D eigenvalue weighted by Gasteiger charge is -2.03. The number of pyridine rings is 1. The highest BCUT2D eigenvalue weighted by Crippen LogP contribution is 2.20. The number of aryl methyl sites for hydroxylation is 1. The van der Waals surface area contributed by atoms with Crippen LogP contribution in [0.3, 0.4) is 0 Å². The first-order valence-corrected chi connectivity index (χ1v) is 5.20. The number of hydrogen-bond acceptors (Lipinski definition) is 1. The molecule has 0 bridgehead atoms.